The van der Waals surface area contributed by atoms with Gasteiger partial charge in [0.05, 0.1) is 11.6 Å². The van der Waals surface area contributed by atoms with Crippen molar-refractivity contribution in [2.24, 2.45) is 0 Å². The van der Waals surface area contributed by atoms with E-state index in [1.54, 1.807) is 6.07 Å². The number of hydrogen-bond donors (Lipinski definition) is 1. The van der Waals surface area contributed by atoms with Gasteiger partial charge in [0.1, 0.15) is 5.75 Å². The number of ether oxygens (including phenoxy) is 1. The number of aromatic nitrogens is 1. The Morgan fingerprint density at radius 2 is 2.00 bits per heavy atom. The Labute approximate surface area is 124 Å². The van der Waals surface area contributed by atoms with Crippen molar-refractivity contribution in [2.45, 2.75) is 32.8 Å². The predicted molar refractivity (Wildman–Crippen MR) is 80.4 cm³/mol. The van der Waals surface area contributed by atoms with Crippen molar-refractivity contribution in [3.8, 4) is 11.6 Å². The topological polar surface area (TPSA) is 42.4 Å². The van der Waals surface area contributed by atoms with E-state index in [-0.39, 0.29) is 12.0 Å². The summed E-state index contributed by atoms with van der Waals surface area (Å²) >= 11 is 5.91. The molecule has 0 aliphatic rings. The minimum atomic E-state index is -0.139. The minimum absolute atomic E-state index is 0.0586. The van der Waals surface area contributed by atoms with Crippen LogP contribution in [-0.4, -0.2) is 10.1 Å². The van der Waals surface area contributed by atoms with Crippen LogP contribution in [0.4, 0.5) is 0 Å². The molecular formula is C16H18ClNO2. The van der Waals surface area contributed by atoms with Crippen LogP contribution in [0.3, 0.4) is 0 Å². The summed E-state index contributed by atoms with van der Waals surface area (Å²) in [5, 5.41) is 9.63. The van der Waals surface area contributed by atoms with Gasteiger partial charge in [0.25, 0.3) is 0 Å². The van der Waals surface area contributed by atoms with Crippen molar-refractivity contribution in [1.29, 1.82) is 0 Å². The van der Waals surface area contributed by atoms with Crippen LogP contribution in [-0.2, 0) is 12.0 Å². The summed E-state index contributed by atoms with van der Waals surface area (Å²) in [7, 11) is 0. The van der Waals surface area contributed by atoms with Gasteiger partial charge in [-0.3, -0.25) is 0 Å². The van der Waals surface area contributed by atoms with Crippen molar-refractivity contribution in [1.82, 2.24) is 4.98 Å². The van der Waals surface area contributed by atoms with Crippen molar-refractivity contribution in [3.05, 3.63) is 52.7 Å². The molecule has 1 N–H and O–H groups in total. The fourth-order valence-electron chi connectivity index (χ4n) is 1.78. The first-order valence-electron chi connectivity index (χ1n) is 6.44. The van der Waals surface area contributed by atoms with E-state index >= 15 is 0 Å². The highest BCUT2D eigenvalue weighted by atomic mass is 35.5. The number of hydrogen-bond acceptors (Lipinski definition) is 3. The third-order valence-corrected chi connectivity index (χ3v) is 3.34. The molecule has 3 nitrogen and oxygen atoms in total. The van der Waals surface area contributed by atoms with Gasteiger partial charge in [-0.05, 0) is 23.1 Å². The van der Waals surface area contributed by atoms with E-state index in [2.05, 4.69) is 31.8 Å². The fraction of sp³-hybridized carbons (Fsp3) is 0.312. The van der Waals surface area contributed by atoms with E-state index in [1.165, 1.54) is 11.8 Å². The van der Waals surface area contributed by atoms with Crippen molar-refractivity contribution in [2.75, 3.05) is 0 Å². The Morgan fingerprint density at radius 1 is 1.25 bits per heavy atom. The van der Waals surface area contributed by atoms with Gasteiger partial charge in [0.2, 0.25) is 5.88 Å². The highest BCUT2D eigenvalue weighted by Gasteiger charge is 2.14. The molecular weight excluding hydrogens is 274 g/mol. The number of nitrogens with zero attached hydrogens (tertiary/aromatic N) is 1. The van der Waals surface area contributed by atoms with Gasteiger partial charge in [-0.2, -0.15) is 0 Å². The van der Waals surface area contributed by atoms with Crippen LogP contribution in [0.5, 0.6) is 11.6 Å². The van der Waals surface area contributed by atoms with Gasteiger partial charge in [0.15, 0.2) is 0 Å². The summed E-state index contributed by atoms with van der Waals surface area (Å²) in [4.78, 5) is 4.11. The summed E-state index contributed by atoms with van der Waals surface area (Å²) in [5.74, 6) is 1.14. The van der Waals surface area contributed by atoms with Crippen LogP contribution >= 0.6 is 11.6 Å². The normalized spacial score (nSPS) is 11.4. The second-order valence-corrected chi connectivity index (χ2v) is 6.06. The van der Waals surface area contributed by atoms with Crippen molar-refractivity contribution >= 4 is 11.6 Å². The van der Waals surface area contributed by atoms with Gasteiger partial charge in [-0.1, -0.05) is 44.5 Å². The van der Waals surface area contributed by atoms with Gasteiger partial charge in [0, 0.05) is 17.8 Å². The second kappa shape index (κ2) is 5.81. The molecule has 20 heavy (non-hydrogen) atoms. The molecule has 0 saturated heterocycles. The molecule has 0 bridgehead atoms. The van der Waals surface area contributed by atoms with Crippen molar-refractivity contribution < 1.29 is 9.84 Å². The molecule has 0 fully saturated rings. The summed E-state index contributed by atoms with van der Waals surface area (Å²) in [5.41, 5.74) is 1.85. The summed E-state index contributed by atoms with van der Waals surface area (Å²) in [6.07, 6.45) is 1.48. The summed E-state index contributed by atoms with van der Waals surface area (Å²) in [6.45, 7) is 6.31. The zero-order valence-corrected chi connectivity index (χ0v) is 12.6. The Balaban J connectivity index is 2.26. The largest absolute Gasteiger partial charge is 0.439 e. The molecule has 0 aliphatic carbocycles. The van der Waals surface area contributed by atoms with Crippen LogP contribution in [0, 0.1) is 0 Å². The molecule has 0 unspecified atom stereocenters. The van der Waals surface area contributed by atoms with E-state index in [0.717, 1.165) is 5.75 Å². The SMILES string of the molecule is CC(C)(C)c1cccc(Oc2cc(CO)c(Cl)cn2)c1. The third kappa shape index (κ3) is 3.50. The minimum Gasteiger partial charge on any atom is -0.439 e. The number of pyridine rings is 1. The first kappa shape index (κ1) is 14.8. The zero-order valence-electron chi connectivity index (χ0n) is 11.9. The standard InChI is InChI=1S/C16H18ClNO2/c1-16(2,3)12-5-4-6-13(8-12)20-15-7-11(10-19)14(17)9-18-15/h4-9,19H,10H2,1-3H3. The first-order chi connectivity index (χ1) is 9.40. The van der Waals surface area contributed by atoms with Gasteiger partial charge in [-0.15, -0.1) is 0 Å². The first-order valence-corrected chi connectivity index (χ1v) is 6.81. The summed E-state index contributed by atoms with van der Waals surface area (Å²) in [6, 6.07) is 9.55. The van der Waals surface area contributed by atoms with E-state index in [4.69, 9.17) is 16.3 Å². The van der Waals surface area contributed by atoms with Crippen LogP contribution in [0.25, 0.3) is 0 Å². The monoisotopic (exact) mass is 291 g/mol. The van der Waals surface area contributed by atoms with Crippen LogP contribution < -0.4 is 4.74 Å². The maximum atomic E-state index is 9.19. The number of aliphatic hydroxyl groups excluding tert-OH is 1. The number of rotatable bonds is 3. The van der Waals surface area contributed by atoms with Crippen LogP contribution in [0.15, 0.2) is 36.5 Å². The third-order valence-electron chi connectivity index (χ3n) is 3.00. The predicted octanol–water partition coefficient (Wildman–Crippen LogP) is 4.32. The molecule has 4 heteroatoms. The molecule has 1 aromatic carbocycles. The molecule has 2 rings (SSSR count). The average molecular weight is 292 g/mol. The molecule has 0 saturated carbocycles. The Kier molecular flexibility index (Phi) is 4.31. The van der Waals surface area contributed by atoms with Gasteiger partial charge < -0.3 is 9.84 Å². The lowest BCUT2D eigenvalue weighted by Crippen LogP contribution is -2.10. The number of benzene rings is 1. The molecule has 0 atom stereocenters. The number of halogens is 1. The van der Waals surface area contributed by atoms with Crippen LogP contribution in [0.1, 0.15) is 31.9 Å². The van der Waals surface area contributed by atoms with E-state index in [1.807, 2.05) is 18.2 Å². The van der Waals surface area contributed by atoms with Crippen LogP contribution in [0.2, 0.25) is 5.02 Å². The molecule has 0 amide bonds. The molecule has 1 aromatic heterocycles. The quantitative estimate of drug-likeness (QED) is 0.916. The average Bonchev–Trinajstić information content (AvgIpc) is 2.40. The molecule has 1 heterocycles. The number of aliphatic hydroxyl groups is 1. The lowest BCUT2D eigenvalue weighted by Gasteiger charge is -2.19. The van der Waals surface area contributed by atoms with E-state index in [0.29, 0.717) is 16.5 Å². The van der Waals surface area contributed by atoms with E-state index < -0.39 is 0 Å². The fourth-order valence-corrected chi connectivity index (χ4v) is 1.95. The van der Waals surface area contributed by atoms with E-state index in [9.17, 15) is 5.11 Å². The highest BCUT2D eigenvalue weighted by molar-refractivity contribution is 6.31. The molecule has 2 aromatic rings. The maximum Gasteiger partial charge on any atom is 0.219 e. The van der Waals surface area contributed by atoms with Gasteiger partial charge in [-0.25, -0.2) is 4.98 Å². The molecule has 0 aliphatic heterocycles. The smallest absolute Gasteiger partial charge is 0.219 e. The zero-order chi connectivity index (χ0) is 14.8. The van der Waals surface area contributed by atoms with Gasteiger partial charge >= 0.3 is 0 Å². The Hall–Kier alpha value is -1.58. The lowest BCUT2D eigenvalue weighted by atomic mass is 9.87. The molecule has 0 radical (unpaired) electrons. The van der Waals surface area contributed by atoms with Crippen molar-refractivity contribution in [3.63, 3.8) is 0 Å². The molecule has 106 valence electrons. The lowest BCUT2D eigenvalue weighted by molar-refractivity contribution is 0.281. The Morgan fingerprint density at radius 3 is 2.65 bits per heavy atom. The Bertz CT molecular complexity index is 606. The molecule has 0 spiro atoms. The second-order valence-electron chi connectivity index (χ2n) is 5.65. The summed E-state index contributed by atoms with van der Waals surface area (Å²) < 4.78 is 5.73. The maximum absolute atomic E-state index is 9.19. The highest BCUT2D eigenvalue weighted by Crippen LogP contribution is 2.28.